The van der Waals surface area contributed by atoms with E-state index in [4.69, 9.17) is 4.74 Å². The summed E-state index contributed by atoms with van der Waals surface area (Å²) in [5.74, 6) is -0.140. The molecule has 2 aromatic carbocycles. The van der Waals surface area contributed by atoms with Crippen LogP contribution in [-0.4, -0.2) is 25.7 Å². The van der Waals surface area contributed by atoms with Crippen molar-refractivity contribution in [1.29, 1.82) is 0 Å². The summed E-state index contributed by atoms with van der Waals surface area (Å²) in [5.41, 5.74) is 6.20. The Hall–Kier alpha value is -2.13. The molecule has 26 heavy (non-hydrogen) atoms. The van der Waals surface area contributed by atoms with Gasteiger partial charge in [-0.05, 0) is 54.4 Å². The number of ether oxygens (including phenoxy) is 1. The molecule has 0 aromatic heterocycles. The van der Waals surface area contributed by atoms with Crippen LogP contribution >= 0.6 is 0 Å². The Bertz CT molecular complexity index is 800. The van der Waals surface area contributed by atoms with Gasteiger partial charge in [-0.3, -0.25) is 4.79 Å². The predicted molar refractivity (Wildman–Crippen MR) is 103 cm³/mol. The maximum atomic E-state index is 11.4. The van der Waals surface area contributed by atoms with Crippen molar-refractivity contribution < 1.29 is 9.53 Å². The van der Waals surface area contributed by atoms with Crippen molar-refractivity contribution in [2.45, 2.75) is 50.0 Å². The fourth-order valence-corrected chi connectivity index (χ4v) is 4.95. The third kappa shape index (κ3) is 3.28. The number of nitrogens with one attached hydrogen (secondary N) is 1. The molecule has 2 unspecified atom stereocenters. The maximum absolute atomic E-state index is 11.4. The zero-order valence-electron chi connectivity index (χ0n) is 15.5. The van der Waals surface area contributed by atoms with E-state index in [0.29, 0.717) is 19.0 Å². The number of hydrogen-bond acceptors (Lipinski definition) is 3. The molecule has 0 aliphatic heterocycles. The van der Waals surface area contributed by atoms with Crippen molar-refractivity contribution in [3.63, 3.8) is 0 Å². The van der Waals surface area contributed by atoms with Gasteiger partial charge in [0.2, 0.25) is 0 Å². The van der Waals surface area contributed by atoms with Gasteiger partial charge >= 0.3 is 5.97 Å². The van der Waals surface area contributed by atoms with E-state index in [2.05, 4.69) is 53.8 Å². The molecular weight excluding hydrogens is 322 g/mol. The molecule has 2 atom stereocenters. The van der Waals surface area contributed by atoms with Gasteiger partial charge in [-0.25, -0.2) is 0 Å². The number of carbonyl (C=O) groups excluding carboxylic acids is 1. The van der Waals surface area contributed by atoms with Crippen LogP contribution in [0.2, 0.25) is 0 Å². The first-order valence-corrected chi connectivity index (χ1v) is 9.65. The molecule has 1 fully saturated rings. The lowest BCUT2D eigenvalue weighted by molar-refractivity contribution is -0.140. The molecule has 1 N–H and O–H groups in total. The van der Waals surface area contributed by atoms with E-state index in [-0.39, 0.29) is 11.4 Å². The lowest BCUT2D eigenvalue weighted by Gasteiger charge is -2.31. The first-order chi connectivity index (χ1) is 12.7. The molecule has 136 valence electrons. The Morgan fingerprint density at radius 2 is 1.85 bits per heavy atom. The second-order valence-electron chi connectivity index (χ2n) is 7.78. The highest BCUT2D eigenvalue weighted by atomic mass is 16.5. The minimum Gasteiger partial charge on any atom is -0.469 e. The lowest BCUT2D eigenvalue weighted by atomic mass is 9.73. The van der Waals surface area contributed by atoms with Crippen LogP contribution in [0.3, 0.4) is 0 Å². The number of benzene rings is 2. The summed E-state index contributed by atoms with van der Waals surface area (Å²) in [5, 5.41) is 3.59. The van der Waals surface area contributed by atoms with Crippen molar-refractivity contribution in [3.8, 4) is 0 Å². The van der Waals surface area contributed by atoms with Gasteiger partial charge in [-0.1, -0.05) is 48.5 Å². The largest absolute Gasteiger partial charge is 0.469 e. The molecule has 0 radical (unpaired) electrons. The zero-order chi connectivity index (χ0) is 18.0. The van der Waals surface area contributed by atoms with E-state index in [1.54, 1.807) is 0 Å². The lowest BCUT2D eigenvalue weighted by Crippen LogP contribution is -2.33. The molecule has 3 heteroatoms. The Morgan fingerprint density at radius 1 is 1.12 bits per heavy atom. The van der Waals surface area contributed by atoms with Gasteiger partial charge in [-0.15, -0.1) is 0 Å². The number of rotatable bonds is 4. The Kier molecular flexibility index (Phi) is 4.82. The number of fused-ring (bicyclic) bond motifs is 3. The summed E-state index contributed by atoms with van der Waals surface area (Å²) in [6.45, 7) is 0.700. The molecule has 0 saturated heterocycles. The van der Waals surface area contributed by atoms with Crippen LogP contribution in [0.4, 0.5) is 0 Å². The predicted octanol–water partition coefficient (Wildman–Crippen LogP) is 3.78. The van der Waals surface area contributed by atoms with Gasteiger partial charge in [-0.2, -0.15) is 0 Å². The molecule has 1 spiro atoms. The first kappa shape index (κ1) is 17.3. The molecule has 0 heterocycles. The summed E-state index contributed by atoms with van der Waals surface area (Å²) in [6.07, 6.45) is 6.11. The fourth-order valence-electron chi connectivity index (χ4n) is 4.95. The maximum Gasteiger partial charge on any atom is 0.306 e. The molecular formula is C23H27NO2. The van der Waals surface area contributed by atoms with Crippen molar-refractivity contribution in [2.75, 3.05) is 13.7 Å². The van der Waals surface area contributed by atoms with Gasteiger partial charge < -0.3 is 10.1 Å². The van der Waals surface area contributed by atoms with Crippen molar-refractivity contribution in [3.05, 3.63) is 70.8 Å². The van der Waals surface area contributed by atoms with Crippen LogP contribution in [-0.2, 0) is 27.8 Å². The van der Waals surface area contributed by atoms with E-state index in [9.17, 15) is 4.79 Å². The second kappa shape index (κ2) is 7.24. The molecule has 0 bridgehead atoms. The molecule has 2 aliphatic rings. The Morgan fingerprint density at radius 3 is 2.65 bits per heavy atom. The monoisotopic (exact) mass is 349 g/mol. The smallest absolute Gasteiger partial charge is 0.306 e. The summed E-state index contributed by atoms with van der Waals surface area (Å²) >= 11 is 0. The van der Waals surface area contributed by atoms with E-state index in [0.717, 1.165) is 25.7 Å². The molecule has 4 rings (SSSR count). The number of esters is 1. The highest BCUT2D eigenvalue weighted by Gasteiger charge is 2.42. The molecule has 1 saturated carbocycles. The summed E-state index contributed by atoms with van der Waals surface area (Å²) in [4.78, 5) is 11.4. The van der Waals surface area contributed by atoms with Crippen LogP contribution in [0.1, 0.15) is 47.9 Å². The minimum atomic E-state index is -0.140. The molecule has 0 amide bonds. The van der Waals surface area contributed by atoms with Crippen LogP contribution in [0.5, 0.6) is 0 Å². The van der Waals surface area contributed by atoms with Crippen molar-refractivity contribution in [2.24, 2.45) is 0 Å². The summed E-state index contributed by atoms with van der Waals surface area (Å²) in [7, 11) is 1.45. The number of carbonyl (C=O) groups is 1. The molecule has 2 aromatic rings. The quantitative estimate of drug-likeness (QED) is 0.854. The summed E-state index contributed by atoms with van der Waals surface area (Å²) < 4.78 is 4.75. The van der Waals surface area contributed by atoms with Gasteiger partial charge in [0.15, 0.2) is 0 Å². The highest BCUT2D eigenvalue weighted by Crippen LogP contribution is 2.47. The van der Waals surface area contributed by atoms with Crippen molar-refractivity contribution >= 4 is 5.97 Å². The van der Waals surface area contributed by atoms with Gasteiger partial charge in [0.1, 0.15) is 0 Å². The van der Waals surface area contributed by atoms with E-state index in [1.165, 1.54) is 35.8 Å². The SMILES string of the molecule is COC(=O)CCNC1CCC2(Cc3ccccc3Cc3ccccc32)C1. The third-order valence-corrected chi connectivity index (χ3v) is 6.22. The van der Waals surface area contributed by atoms with Crippen LogP contribution < -0.4 is 5.32 Å². The van der Waals surface area contributed by atoms with Gasteiger partial charge in [0.05, 0.1) is 13.5 Å². The number of hydrogen-bond donors (Lipinski definition) is 1. The number of methoxy groups -OCH3 is 1. The minimum absolute atomic E-state index is 0.140. The third-order valence-electron chi connectivity index (χ3n) is 6.22. The highest BCUT2D eigenvalue weighted by molar-refractivity contribution is 5.69. The Balaban J connectivity index is 1.58. The first-order valence-electron chi connectivity index (χ1n) is 9.65. The van der Waals surface area contributed by atoms with E-state index < -0.39 is 0 Å². The Labute approximate surface area is 155 Å². The normalized spacial score (nSPS) is 24.0. The summed E-state index contributed by atoms with van der Waals surface area (Å²) in [6, 6.07) is 18.4. The van der Waals surface area contributed by atoms with E-state index >= 15 is 0 Å². The molecule has 2 aliphatic carbocycles. The standard InChI is InChI=1S/C23H27NO2/c1-26-22(25)11-13-24-20-10-12-23(16-20)15-19-8-3-2-6-17(19)14-18-7-4-5-9-21(18)23/h2-9,20,24H,10-16H2,1H3. The zero-order valence-corrected chi connectivity index (χ0v) is 15.5. The second-order valence-corrected chi connectivity index (χ2v) is 7.78. The average Bonchev–Trinajstić information content (AvgIpc) is 3.01. The fraction of sp³-hybridized carbons (Fsp3) is 0.435. The van der Waals surface area contributed by atoms with Crippen molar-refractivity contribution in [1.82, 2.24) is 5.32 Å². The van der Waals surface area contributed by atoms with Crippen LogP contribution in [0.15, 0.2) is 48.5 Å². The van der Waals surface area contributed by atoms with Crippen LogP contribution in [0.25, 0.3) is 0 Å². The van der Waals surface area contributed by atoms with Gasteiger partial charge in [0.25, 0.3) is 0 Å². The topological polar surface area (TPSA) is 38.3 Å². The van der Waals surface area contributed by atoms with Gasteiger partial charge in [0, 0.05) is 18.0 Å². The van der Waals surface area contributed by atoms with Crippen LogP contribution in [0, 0.1) is 0 Å². The average molecular weight is 349 g/mol. The molecule has 3 nitrogen and oxygen atoms in total. The van der Waals surface area contributed by atoms with E-state index in [1.807, 2.05) is 0 Å².